The summed E-state index contributed by atoms with van der Waals surface area (Å²) in [4.78, 5) is 0. The molecule has 0 unspecified atom stereocenters. The van der Waals surface area contributed by atoms with E-state index in [9.17, 15) is 0 Å². The fourth-order valence-electron chi connectivity index (χ4n) is 1.68. The van der Waals surface area contributed by atoms with Gasteiger partial charge in [0.05, 0.1) is 7.11 Å². The Morgan fingerprint density at radius 2 is 2.31 bits per heavy atom. The van der Waals surface area contributed by atoms with Crippen LogP contribution in [-0.4, -0.2) is 12.7 Å². The van der Waals surface area contributed by atoms with Gasteiger partial charge in [-0.2, -0.15) is 0 Å². The Morgan fingerprint density at radius 1 is 1.54 bits per heavy atom. The first-order valence-corrected chi connectivity index (χ1v) is 4.39. The van der Waals surface area contributed by atoms with Crippen LogP contribution in [0.15, 0.2) is 12.1 Å². The highest BCUT2D eigenvalue weighted by molar-refractivity contribution is 5.47. The monoisotopic (exact) mass is 177 g/mol. The molecular weight excluding hydrogens is 164 g/mol. The lowest BCUT2D eigenvalue weighted by molar-refractivity contribution is 0.138. The summed E-state index contributed by atoms with van der Waals surface area (Å²) in [5, 5.41) is 0. The predicted molar refractivity (Wildman–Crippen MR) is 50.2 cm³/mol. The van der Waals surface area contributed by atoms with E-state index >= 15 is 0 Å². The summed E-state index contributed by atoms with van der Waals surface area (Å²) in [6, 6.07) is 6.83. The maximum absolute atomic E-state index is 5.70. The molecule has 1 radical (unpaired) electrons. The molecule has 0 saturated carbocycles. The predicted octanol–water partition coefficient (Wildman–Crippen LogP) is 2.21. The van der Waals surface area contributed by atoms with E-state index in [4.69, 9.17) is 9.47 Å². The van der Waals surface area contributed by atoms with Gasteiger partial charge in [-0.05, 0) is 26.0 Å². The smallest absolute Gasteiger partial charge is 0.135 e. The lowest BCUT2D eigenvalue weighted by atomic mass is 10.0. The van der Waals surface area contributed by atoms with Gasteiger partial charge in [-0.3, -0.25) is 0 Å². The van der Waals surface area contributed by atoms with E-state index in [2.05, 4.69) is 19.9 Å². The summed E-state index contributed by atoms with van der Waals surface area (Å²) >= 11 is 0. The summed E-state index contributed by atoms with van der Waals surface area (Å²) < 4.78 is 11.0. The van der Waals surface area contributed by atoms with Crippen molar-refractivity contribution in [2.24, 2.45) is 0 Å². The molecule has 2 nitrogen and oxygen atoms in total. The minimum absolute atomic E-state index is 0.118. The number of methoxy groups -OCH3 is 1. The van der Waals surface area contributed by atoms with Crippen LogP contribution in [-0.2, 0) is 6.42 Å². The van der Waals surface area contributed by atoms with E-state index in [0.29, 0.717) is 0 Å². The van der Waals surface area contributed by atoms with Crippen molar-refractivity contribution in [1.82, 2.24) is 0 Å². The van der Waals surface area contributed by atoms with Crippen molar-refractivity contribution in [2.45, 2.75) is 25.9 Å². The molecule has 1 aliphatic heterocycles. The highest BCUT2D eigenvalue weighted by Gasteiger charge is 2.32. The van der Waals surface area contributed by atoms with Gasteiger partial charge in [0.25, 0.3) is 0 Å². The van der Waals surface area contributed by atoms with Crippen LogP contribution in [0.3, 0.4) is 0 Å². The zero-order chi connectivity index (χ0) is 9.47. The van der Waals surface area contributed by atoms with Gasteiger partial charge in [0.2, 0.25) is 0 Å². The van der Waals surface area contributed by atoms with Gasteiger partial charge >= 0.3 is 0 Å². The average Bonchev–Trinajstić information content (AvgIpc) is 2.37. The second-order valence-corrected chi connectivity index (χ2v) is 3.89. The topological polar surface area (TPSA) is 18.5 Å². The summed E-state index contributed by atoms with van der Waals surface area (Å²) in [5.41, 5.74) is 1.02. The Hall–Kier alpha value is -1.18. The van der Waals surface area contributed by atoms with Crippen LogP contribution in [0.5, 0.6) is 11.5 Å². The molecule has 13 heavy (non-hydrogen) atoms. The molecule has 1 heterocycles. The summed E-state index contributed by atoms with van der Waals surface area (Å²) in [6.45, 7) is 4.14. The van der Waals surface area contributed by atoms with Crippen LogP contribution in [0.4, 0.5) is 0 Å². The second kappa shape index (κ2) is 2.66. The number of hydrogen-bond donors (Lipinski definition) is 0. The minimum atomic E-state index is -0.118. The first-order valence-electron chi connectivity index (χ1n) is 4.39. The Balaban J connectivity index is 2.45. The fourth-order valence-corrected chi connectivity index (χ4v) is 1.68. The third-order valence-electron chi connectivity index (χ3n) is 2.22. The molecule has 0 aromatic heterocycles. The van der Waals surface area contributed by atoms with Gasteiger partial charge in [0, 0.05) is 18.1 Å². The molecular formula is C11H13O2. The van der Waals surface area contributed by atoms with Crippen molar-refractivity contribution >= 4 is 0 Å². The zero-order valence-electron chi connectivity index (χ0n) is 8.18. The highest BCUT2D eigenvalue weighted by atomic mass is 16.5. The van der Waals surface area contributed by atoms with E-state index in [-0.39, 0.29) is 5.60 Å². The summed E-state index contributed by atoms with van der Waals surface area (Å²) in [7, 11) is 1.68. The molecule has 2 rings (SSSR count). The molecule has 69 valence electrons. The molecule has 0 N–H and O–H groups in total. The fraction of sp³-hybridized carbons (Fsp3) is 0.455. The van der Waals surface area contributed by atoms with Crippen molar-refractivity contribution in [3.8, 4) is 11.5 Å². The van der Waals surface area contributed by atoms with E-state index in [1.807, 2.05) is 12.1 Å². The Morgan fingerprint density at radius 3 is 3.00 bits per heavy atom. The van der Waals surface area contributed by atoms with Crippen molar-refractivity contribution < 1.29 is 9.47 Å². The van der Waals surface area contributed by atoms with Crippen molar-refractivity contribution in [1.29, 1.82) is 0 Å². The average molecular weight is 177 g/mol. The molecule has 0 fully saturated rings. The van der Waals surface area contributed by atoms with Crippen LogP contribution in [0.1, 0.15) is 19.4 Å². The molecule has 0 amide bonds. The molecule has 2 heteroatoms. The van der Waals surface area contributed by atoms with Crippen molar-refractivity contribution in [3.05, 3.63) is 23.8 Å². The van der Waals surface area contributed by atoms with Crippen LogP contribution >= 0.6 is 0 Å². The quantitative estimate of drug-likeness (QED) is 0.654. The van der Waals surface area contributed by atoms with E-state index in [0.717, 1.165) is 23.5 Å². The van der Waals surface area contributed by atoms with Crippen LogP contribution in [0, 0.1) is 6.07 Å². The summed E-state index contributed by atoms with van der Waals surface area (Å²) in [5.74, 6) is 1.74. The van der Waals surface area contributed by atoms with Crippen LogP contribution < -0.4 is 9.47 Å². The lowest BCUT2D eigenvalue weighted by Gasteiger charge is -2.16. The Labute approximate surface area is 78.5 Å². The highest BCUT2D eigenvalue weighted by Crippen LogP contribution is 2.39. The molecule has 0 saturated heterocycles. The first-order chi connectivity index (χ1) is 6.12. The van der Waals surface area contributed by atoms with Gasteiger partial charge < -0.3 is 9.47 Å². The molecule has 1 aliphatic rings. The van der Waals surface area contributed by atoms with Crippen molar-refractivity contribution in [2.75, 3.05) is 7.11 Å². The van der Waals surface area contributed by atoms with Gasteiger partial charge in [-0.25, -0.2) is 0 Å². The molecule has 0 bridgehead atoms. The van der Waals surface area contributed by atoms with Crippen LogP contribution in [0.25, 0.3) is 0 Å². The van der Waals surface area contributed by atoms with Crippen molar-refractivity contribution in [3.63, 3.8) is 0 Å². The third-order valence-corrected chi connectivity index (χ3v) is 2.22. The summed E-state index contributed by atoms with van der Waals surface area (Å²) in [6.07, 6.45) is 0.892. The zero-order valence-corrected chi connectivity index (χ0v) is 8.18. The minimum Gasteiger partial charge on any atom is -0.496 e. The number of ether oxygens (including phenoxy) is 2. The third kappa shape index (κ3) is 1.37. The number of fused-ring (bicyclic) bond motifs is 1. The van der Waals surface area contributed by atoms with Gasteiger partial charge in [-0.15, -0.1) is 0 Å². The standard InChI is InChI=1S/C11H13O2/c1-11(2)7-8-9(12-3)5-4-6-10(8)13-11/h4-5H,7H2,1-3H3. The van der Waals surface area contributed by atoms with E-state index in [1.54, 1.807) is 7.11 Å². The Bertz CT molecular complexity index is 329. The Kier molecular flexibility index (Phi) is 1.72. The number of hydrogen-bond acceptors (Lipinski definition) is 2. The first kappa shape index (κ1) is 8.42. The SMILES string of the molecule is COc1cc[c]c2c1CC(C)(C)O2. The van der Waals surface area contributed by atoms with Gasteiger partial charge in [-0.1, -0.05) is 0 Å². The molecule has 0 atom stereocenters. The lowest BCUT2D eigenvalue weighted by Crippen LogP contribution is -2.24. The molecule has 0 aliphatic carbocycles. The molecule has 1 aromatic carbocycles. The van der Waals surface area contributed by atoms with Gasteiger partial charge in [0.15, 0.2) is 0 Å². The second-order valence-electron chi connectivity index (χ2n) is 3.89. The maximum atomic E-state index is 5.70. The van der Waals surface area contributed by atoms with E-state index < -0.39 is 0 Å². The number of benzene rings is 1. The van der Waals surface area contributed by atoms with Gasteiger partial charge in [0.1, 0.15) is 17.1 Å². The molecule has 0 spiro atoms. The maximum Gasteiger partial charge on any atom is 0.135 e. The normalized spacial score (nSPS) is 17.8. The largest absolute Gasteiger partial charge is 0.496 e. The number of rotatable bonds is 1. The van der Waals surface area contributed by atoms with Crippen LogP contribution in [0.2, 0.25) is 0 Å². The van der Waals surface area contributed by atoms with E-state index in [1.165, 1.54) is 0 Å². The molecule has 1 aromatic rings.